The smallest absolute Gasteiger partial charge is 0.367 e. The van der Waals surface area contributed by atoms with Crippen LogP contribution in [0, 0.1) is 0 Å². The molecule has 0 aliphatic rings. The Kier molecular flexibility index (Phi) is 7.17. The van der Waals surface area contributed by atoms with Gasteiger partial charge in [-0.2, -0.15) is 0 Å². The van der Waals surface area contributed by atoms with Gasteiger partial charge in [0, 0.05) is 12.9 Å². The molecule has 7 heteroatoms. The second kappa shape index (κ2) is 7.60. The molecule has 0 saturated heterocycles. The third-order valence-corrected chi connectivity index (χ3v) is 2.08. The topological polar surface area (TPSA) is 98.9 Å². The lowest BCUT2D eigenvalue weighted by Gasteiger charge is -2.05. The van der Waals surface area contributed by atoms with E-state index in [1.54, 1.807) is 0 Å². The van der Waals surface area contributed by atoms with Crippen molar-refractivity contribution in [1.29, 1.82) is 0 Å². The minimum atomic E-state index is -1.14. The number of ether oxygens (including phenoxy) is 2. The number of hydrogen-bond acceptors (Lipinski definition) is 6. The van der Waals surface area contributed by atoms with Gasteiger partial charge in [0.2, 0.25) is 0 Å². The zero-order valence-corrected chi connectivity index (χ0v) is 8.58. The SMILES string of the molecule is COCCOC(=O)SC[C@H](N)C(=O)O. The average molecular weight is 223 g/mol. The summed E-state index contributed by atoms with van der Waals surface area (Å²) in [4.78, 5) is 21.1. The minimum absolute atomic E-state index is 0.00114. The summed E-state index contributed by atoms with van der Waals surface area (Å²) in [5, 5.41) is 7.86. The Morgan fingerprint density at radius 2 is 2.14 bits per heavy atom. The zero-order chi connectivity index (χ0) is 11.0. The zero-order valence-electron chi connectivity index (χ0n) is 7.76. The number of nitrogens with two attached hydrogens (primary N) is 1. The molecule has 0 heterocycles. The minimum Gasteiger partial charge on any atom is -0.480 e. The first-order chi connectivity index (χ1) is 6.57. The maximum atomic E-state index is 10.9. The van der Waals surface area contributed by atoms with Gasteiger partial charge >= 0.3 is 11.3 Å². The number of thioether (sulfide) groups is 1. The van der Waals surface area contributed by atoms with E-state index < -0.39 is 17.3 Å². The average Bonchev–Trinajstić information content (AvgIpc) is 2.14. The fraction of sp³-hybridized carbons (Fsp3) is 0.714. The summed E-state index contributed by atoms with van der Waals surface area (Å²) in [5.41, 5.74) is 5.17. The third-order valence-electron chi connectivity index (χ3n) is 1.21. The molecular weight excluding hydrogens is 210 g/mol. The molecule has 14 heavy (non-hydrogen) atoms. The van der Waals surface area contributed by atoms with Crippen molar-refractivity contribution in [2.24, 2.45) is 5.73 Å². The van der Waals surface area contributed by atoms with Gasteiger partial charge in [-0.15, -0.1) is 0 Å². The molecule has 0 rings (SSSR count). The Balaban J connectivity index is 3.48. The van der Waals surface area contributed by atoms with Gasteiger partial charge in [0.25, 0.3) is 0 Å². The molecule has 0 fully saturated rings. The van der Waals surface area contributed by atoms with Crippen LogP contribution in [0.5, 0.6) is 0 Å². The first-order valence-electron chi connectivity index (χ1n) is 3.84. The summed E-state index contributed by atoms with van der Waals surface area (Å²) in [6.45, 7) is 0.474. The van der Waals surface area contributed by atoms with Crippen LogP contribution in [-0.2, 0) is 14.3 Å². The Labute approximate surface area is 85.7 Å². The lowest BCUT2D eigenvalue weighted by molar-refractivity contribution is -0.137. The van der Waals surface area contributed by atoms with E-state index in [1.807, 2.05) is 0 Å². The molecule has 0 spiro atoms. The molecule has 0 saturated carbocycles. The maximum Gasteiger partial charge on any atom is 0.367 e. The summed E-state index contributed by atoms with van der Waals surface area (Å²) in [5.74, 6) is -1.14. The van der Waals surface area contributed by atoms with Gasteiger partial charge in [0.15, 0.2) is 0 Å². The standard InChI is InChI=1S/C7H13NO5S/c1-12-2-3-13-7(11)14-4-5(8)6(9)10/h5H,2-4,8H2,1H3,(H,9,10)/t5-/m0/s1. The highest BCUT2D eigenvalue weighted by atomic mass is 32.2. The van der Waals surface area contributed by atoms with Crippen LogP contribution in [0.4, 0.5) is 4.79 Å². The van der Waals surface area contributed by atoms with Crippen LogP contribution in [0.2, 0.25) is 0 Å². The van der Waals surface area contributed by atoms with Crippen molar-refractivity contribution in [2.45, 2.75) is 6.04 Å². The Hall–Kier alpha value is -0.790. The molecule has 0 aromatic rings. The molecule has 0 aliphatic carbocycles. The van der Waals surface area contributed by atoms with Crippen LogP contribution < -0.4 is 5.73 Å². The van der Waals surface area contributed by atoms with E-state index in [1.165, 1.54) is 7.11 Å². The van der Waals surface area contributed by atoms with Crippen molar-refractivity contribution in [3.05, 3.63) is 0 Å². The van der Waals surface area contributed by atoms with Crippen LogP contribution in [0.1, 0.15) is 0 Å². The number of methoxy groups -OCH3 is 1. The molecule has 0 aromatic heterocycles. The number of rotatable bonds is 6. The quantitative estimate of drug-likeness (QED) is 0.479. The Morgan fingerprint density at radius 3 is 2.64 bits per heavy atom. The number of carboxylic acids is 1. The molecule has 0 amide bonds. The van der Waals surface area contributed by atoms with Gasteiger partial charge in [0.1, 0.15) is 12.6 Å². The first kappa shape index (κ1) is 13.2. The number of hydrogen-bond donors (Lipinski definition) is 2. The molecule has 0 aliphatic heterocycles. The monoisotopic (exact) mass is 223 g/mol. The van der Waals surface area contributed by atoms with Crippen molar-refractivity contribution >= 4 is 23.0 Å². The Bertz CT molecular complexity index is 199. The molecule has 0 aromatic carbocycles. The van der Waals surface area contributed by atoms with Crippen LogP contribution in [0.15, 0.2) is 0 Å². The molecule has 0 radical (unpaired) electrons. The molecule has 1 atom stereocenters. The molecule has 82 valence electrons. The summed E-state index contributed by atoms with van der Waals surface area (Å²) in [7, 11) is 1.49. The summed E-state index contributed by atoms with van der Waals surface area (Å²) in [6, 6.07) is -1.05. The van der Waals surface area contributed by atoms with Gasteiger partial charge in [-0.1, -0.05) is 0 Å². The molecule has 0 unspecified atom stereocenters. The van der Waals surface area contributed by atoms with E-state index in [0.29, 0.717) is 6.61 Å². The number of carboxylic acid groups (broad SMARTS) is 1. The van der Waals surface area contributed by atoms with Crippen LogP contribution in [-0.4, -0.2) is 48.5 Å². The van der Waals surface area contributed by atoms with Crippen LogP contribution >= 0.6 is 11.8 Å². The van der Waals surface area contributed by atoms with E-state index in [0.717, 1.165) is 11.8 Å². The van der Waals surface area contributed by atoms with E-state index >= 15 is 0 Å². The fourth-order valence-electron chi connectivity index (χ4n) is 0.479. The Morgan fingerprint density at radius 1 is 1.50 bits per heavy atom. The second-order valence-electron chi connectivity index (χ2n) is 2.35. The van der Waals surface area contributed by atoms with Gasteiger partial charge in [-0.05, 0) is 11.8 Å². The van der Waals surface area contributed by atoms with Crippen molar-refractivity contribution < 1.29 is 24.2 Å². The van der Waals surface area contributed by atoms with E-state index in [-0.39, 0.29) is 12.4 Å². The number of carbonyl (C=O) groups is 2. The largest absolute Gasteiger partial charge is 0.480 e. The van der Waals surface area contributed by atoms with Gasteiger partial charge in [-0.3, -0.25) is 4.79 Å². The summed E-state index contributed by atoms with van der Waals surface area (Å²) in [6.07, 6.45) is 0. The molecule has 0 bridgehead atoms. The predicted octanol–water partition coefficient (Wildman–Crippen LogP) is -0.0855. The highest BCUT2D eigenvalue weighted by molar-refractivity contribution is 8.13. The van der Waals surface area contributed by atoms with E-state index in [9.17, 15) is 9.59 Å². The van der Waals surface area contributed by atoms with Gasteiger partial charge in [0.05, 0.1) is 6.61 Å². The lowest BCUT2D eigenvalue weighted by atomic mass is 10.4. The first-order valence-corrected chi connectivity index (χ1v) is 4.83. The molecule has 6 nitrogen and oxygen atoms in total. The lowest BCUT2D eigenvalue weighted by Crippen LogP contribution is -2.32. The van der Waals surface area contributed by atoms with Gasteiger partial charge in [-0.25, -0.2) is 4.79 Å². The fourth-order valence-corrected chi connectivity index (χ4v) is 1.10. The van der Waals surface area contributed by atoms with E-state index in [2.05, 4.69) is 9.47 Å². The third kappa shape index (κ3) is 6.70. The normalized spacial score (nSPS) is 12.1. The number of carbonyl (C=O) groups excluding carboxylic acids is 1. The second-order valence-corrected chi connectivity index (χ2v) is 3.30. The molecular formula is C7H13NO5S. The molecule has 3 N–H and O–H groups in total. The summed E-state index contributed by atoms with van der Waals surface area (Å²) < 4.78 is 9.31. The van der Waals surface area contributed by atoms with Crippen molar-refractivity contribution in [3.8, 4) is 0 Å². The highest BCUT2D eigenvalue weighted by Crippen LogP contribution is 2.06. The number of aliphatic carboxylic acids is 1. The van der Waals surface area contributed by atoms with Crippen molar-refractivity contribution in [1.82, 2.24) is 0 Å². The van der Waals surface area contributed by atoms with Crippen molar-refractivity contribution in [2.75, 3.05) is 26.1 Å². The van der Waals surface area contributed by atoms with Crippen LogP contribution in [0.3, 0.4) is 0 Å². The maximum absolute atomic E-state index is 10.9. The summed E-state index contributed by atoms with van der Waals surface area (Å²) >= 11 is 0.741. The van der Waals surface area contributed by atoms with Crippen LogP contribution in [0.25, 0.3) is 0 Å². The van der Waals surface area contributed by atoms with Crippen molar-refractivity contribution in [3.63, 3.8) is 0 Å². The highest BCUT2D eigenvalue weighted by Gasteiger charge is 2.14. The van der Waals surface area contributed by atoms with Gasteiger partial charge < -0.3 is 20.3 Å². The predicted molar refractivity (Wildman–Crippen MR) is 51.3 cm³/mol. The van der Waals surface area contributed by atoms with E-state index in [4.69, 9.17) is 10.8 Å².